The first-order valence-corrected chi connectivity index (χ1v) is 8.89. The molecule has 0 radical (unpaired) electrons. The van der Waals surface area contributed by atoms with Crippen LogP contribution in [-0.4, -0.2) is 22.9 Å². The minimum atomic E-state index is -2.78. The molecule has 1 aromatic heterocycles. The molecule has 0 amide bonds. The monoisotopic (exact) mass is 511 g/mol. The van der Waals surface area contributed by atoms with Gasteiger partial charge in [-0.25, -0.2) is 28.4 Å². The van der Waals surface area contributed by atoms with E-state index in [2.05, 4.69) is 15.4 Å². The van der Waals surface area contributed by atoms with E-state index in [4.69, 9.17) is 17.4 Å². The minimum Gasteiger partial charge on any atom is -0.320 e. The average Bonchev–Trinajstić information content (AvgIpc) is 2.58. The molecule has 3 rings (SSSR count). The van der Waals surface area contributed by atoms with Crippen LogP contribution in [0.2, 0.25) is 5.02 Å². The zero-order chi connectivity index (χ0) is 19.7. The molecule has 2 aromatic carbocycles. The highest BCUT2D eigenvalue weighted by atomic mass is 127. The Bertz CT molecular complexity index is 984. The molecular weight excluding hydrogens is 501 g/mol. The van der Waals surface area contributed by atoms with E-state index < -0.39 is 24.6 Å². The molecule has 0 atom stereocenters. The van der Waals surface area contributed by atoms with Gasteiger partial charge in [0.05, 0.1) is 17.1 Å². The van der Waals surface area contributed by atoms with Gasteiger partial charge < -0.3 is 4.90 Å². The number of rotatable bonds is 5. The van der Waals surface area contributed by atoms with Crippen LogP contribution < -0.4 is 16.2 Å². The molecule has 3 aromatic rings. The molecule has 5 nitrogen and oxygen atoms in total. The maximum absolute atomic E-state index is 13.9. The average molecular weight is 512 g/mol. The lowest BCUT2D eigenvalue weighted by Crippen LogP contribution is -2.26. The first-order valence-electron chi connectivity index (χ1n) is 7.43. The van der Waals surface area contributed by atoms with Crippen LogP contribution in [0, 0.1) is 15.2 Å². The third-order valence-electron chi connectivity index (χ3n) is 3.56. The van der Waals surface area contributed by atoms with Crippen LogP contribution in [0.15, 0.2) is 30.3 Å². The Morgan fingerprint density at radius 3 is 2.44 bits per heavy atom. The standard InChI is InChI=1S/C16H11ClF4IN5/c17-12-4-8(19)3-11-14(12)24-16(26-23)25-15(11)27(6-13(20)21)10-2-7(18)1-9(22)5-10/h1-5,13H,6,23H2,(H,24,25,26). The highest BCUT2D eigenvalue weighted by Crippen LogP contribution is 2.35. The van der Waals surface area contributed by atoms with E-state index in [0.717, 1.165) is 23.1 Å². The Hall–Kier alpha value is -1.92. The second kappa shape index (κ2) is 7.98. The molecule has 0 aliphatic heterocycles. The second-order valence-electron chi connectivity index (χ2n) is 5.43. The van der Waals surface area contributed by atoms with Crippen LogP contribution in [0.3, 0.4) is 0 Å². The largest absolute Gasteiger partial charge is 0.320 e. The number of nitrogens with one attached hydrogen (secondary N) is 1. The Kier molecular flexibility index (Phi) is 5.86. The topological polar surface area (TPSA) is 67.1 Å². The van der Waals surface area contributed by atoms with E-state index >= 15 is 0 Å². The molecule has 1 heterocycles. The number of hydrogen-bond acceptors (Lipinski definition) is 5. The maximum Gasteiger partial charge on any atom is 0.256 e. The van der Waals surface area contributed by atoms with Crippen LogP contribution >= 0.6 is 34.2 Å². The summed E-state index contributed by atoms with van der Waals surface area (Å²) in [6.45, 7) is -0.816. The summed E-state index contributed by atoms with van der Waals surface area (Å²) in [5.74, 6) is 3.84. The number of benzene rings is 2. The van der Waals surface area contributed by atoms with Crippen LogP contribution in [0.1, 0.15) is 0 Å². The number of hydrazine groups is 1. The number of alkyl halides is 2. The van der Waals surface area contributed by atoms with Crippen molar-refractivity contribution in [2.45, 2.75) is 6.43 Å². The molecular formula is C16H11ClF4IN5. The molecule has 0 bridgehead atoms. The number of aromatic nitrogens is 2. The lowest BCUT2D eigenvalue weighted by molar-refractivity contribution is 0.158. The van der Waals surface area contributed by atoms with Gasteiger partial charge in [-0.1, -0.05) is 11.6 Å². The normalized spacial score (nSPS) is 11.3. The summed E-state index contributed by atoms with van der Waals surface area (Å²) in [5, 5.41) is 0.0369. The van der Waals surface area contributed by atoms with Gasteiger partial charge in [0.2, 0.25) is 5.95 Å². The van der Waals surface area contributed by atoms with E-state index in [1.807, 2.05) is 22.6 Å². The van der Waals surface area contributed by atoms with Gasteiger partial charge in [0.15, 0.2) is 0 Å². The van der Waals surface area contributed by atoms with Crippen molar-refractivity contribution >= 4 is 62.5 Å². The second-order valence-corrected chi connectivity index (χ2v) is 7.08. The number of nitrogens with zero attached hydrogens (tertiary/aromatic N) is 3. The van der Waals surface area contributed by atoms with E-state index in [1.165, 1.54) is 12.1 Å². The van der Waals surface area contributed by atoms with Gasteiger partial charge in [0.1, 0.15) is 17.5 Å². The summed E-state index contributed by atoms with van der Waals surface area (Å²) in [5.41, 5.74) is 2.45. The number of fused-ring (bicyclic) bond motifs is 1. The number of hydrogen-bond donors (Lipinski definition) is 2. The van der Waals surface area contributed by atoms with Gasteiger partial charge >= 0.3 is 0 Å². The fourth-order valence-electron chi connectivity index (χ4n) is 2.56. The van der Waals surface area contributed by atoms with Crippen molar-refractivity contribution in [3.8, 4) is 0 Å². The molecule has 0 spiro atoms. The highest BCUT2D eigenvalue weighted by molar-refractivity contribution is 14.1. The van der Waals surface area contributed by atoms with Crippen molar-refractivity contribution in [2.24, 2.45) is 5.84 Å². The van der Waals surface area contributed by atoms with Crippen molar-refractivity contribution in [3.63, 3.8) is 0 Å². The molecule has 0 saturated heterocycles. The summed E-state index contributed by atoms with van der Waals surface area (Å²) in [6, 6.07) is 5.92. The zero-order valence-corrected chi connectivity index (χ0v) is 16.3. The maximum atomic E-state index is 13.9. The number of nitrogens with two attached hydrogens (primary N) is 1. The summed E-state index contributed by atoms with van der Waals surface area (Å²) in [4.78, 5) is 9.20. The molecule has 3 N–H and O–H groups in total. The van der Waals surface area contributed by atoms with E-state index in [0.29, 0.717) is 3.57 Å². The fourth-order valence-corrected chi connectivity index (χ4v) is 3.42. The summed E-state index contributed by atoms with van der Waals surface area (Å²) in [6.07, 6.45) is -2.78. The lowest BCUT2D eigenvalue weighted by Gasteiger charge is -2.25. The molecule has 27 heavy (non-hydrogen) atoms. The molecule has 0 unspecified atom stereocenters. The van der Waals surface area contributed by atoms with Gasteiger partial charge in [-0.05, 0) is 52.9 Å². The van der Waals surface area contributed by atoms with Crippen LogP contribution in [-0.2, 0) is 0 Å². The summed E-state index contributed by atoms with van der Waals surface area (Å²) >= 11 is 7.90. The summed E-state index contributed by atoms with van der Waals surface area (Å²) in [7, 11) is 0. The van der Waals surface area contributed by atoms with Crippen molar-refractivity contribution in [2.75, 3.05) is 16.9 Å². The smallest absolute Gasteiger partial charge is 0.256 e. The van der Waals surface area contributed by atoms with E-state index in [1.54, 1.807) is 0 Å². The Labute approximate surface area is 169 Å². The third-order valence-corrected chi connectivity index (χ3v) is 4.47. The van der Waals surface area contributed by atoms with Crippen LogP contribution in [0.25, 0.3) is 10.9 Å². The molecule has 0 aliphatic rings. The molecule has 142 valence electrons. The highest BCUT2D eigenvalue weighted by Gasteiger charge is 2.22. The predicted molar refractivity (Wildman–Crippen MR) is 104 cm³/mol. The quantitative estimate of drug-likeness (QED) is 0.222. The minimum absolute atomic E-state index is 0.0454. The first kappa shape index (κ1) is 19.8. The van der Waals surface area contributed by atoms with Gasteiger partial charge in [0.25, 0.3) is 6.43 Å². The SMILES string of the molecule is NNc1nc(N(CC(F)F)c2cc(F)cc(I)c2)c2cc(F)cc(Cl)c2n1. The van der Waals surface area contributed by atoms with E-state index in [9.17, 15) is 17.6 Å². The Morgan fingerprint density at radius 2 is 1.81 bits per heavy atom. The lowest BCUT2D eigenvalue weighted by atomic mass is 10.2. The van der Waals surface area contributed by atoms with Gasteiger partial charge in [-0.3, -0.25) is 5.43 Å². The van der Waals surface area contributed by atoms with Crippen molar-refractivity contribution in [1.82, 2.24) is 9.97 Å². The zero-order valence-electron chi connectivity index (χ0n) is 13.4. The van der Waals surface area contributed by atoms with Gasteiger partial charge in [0, 0.05) is 14.6 Å². The van der Waals surface area contributed by atoms with Crippen LogP contribution in [0.5, 0.6) is 0 Å². The molecule has 0 fully saturated rings. The third kappa shape index (κ3) is 4.33. The predicted octanol–water partition coefficient (Wildman–Crippen LogP) is 4.85. The van der Waals surface area contributed by atoms with Gasteiger partial charge in [-0.2, -0.15) is 4.98 Å². The molecule has 0 saturated carbocycles. The van der Waals surface area contributed by atoms with Crippen molar-refractivity contribution in [1.29, 1.82) is 0 Å². The van der Waals surface area contributed by atoms with Crippen LogP contribution in [0.4, 0.5) is 35.0 Å². The number of halogens is 6. The fraction of sp³-hybridized carbons (Fsp3) is 0.125. The van der Waals surface area contributed by atoms with Crippen molar-refractivity contribution < 1.29 is 17.6 Å². The van der Waals surface area contributed by atoms with E-state index in [-0.39, 0.29) is 33.4 Å². The molecule has 11 heteroatoms. The van der Waals surface area contributed by atoms with Gasteiger partial charge in [-0.15, -0.1) is 0 Å². The molecule has 0 aliphatic carbocycles. The van der Waals surface area contributed by atoms with Crippen molar-refractivity contribution in [3.05, 3.63) is 50.6 Å². The number of anilines is 3. The first-order chi connectivity index (χ1) is 12.8. The Balaban J connectivity index is 2.32. The summed E-state index contributed by atoms with van der Waals surface area (Å²) < 4.78 is 54.8. The Morgan fingerprint density at radius 1 is 1.11 bits per heavy atom. The number of nitrogen functional groups attached to an aromatic ring is 1.